The zero-order chi connectivity index (χ0) is 13.9. The minimum absolute atomic E-state index is 0.259. The fourth-order valence-corrected chi connectivity index (χ4v) is 2.13. The van der Waals surface area contributed by atoms with Crippen molar-refractivity contribution < 1.29 is 4.39 Å². The van der Waals surface area contributed by atoms with E-state index in [-0.39, 0.29) is 5.82 Å². The maximum atomic E-state index is 13.4. The van der Waals surface area contributed by atoms with Crippen LogP contribution in [-0.2, 0) is 0 Å². The van der Waals surface area contributed by atoms with Gasteiger partial charge < -0.3 is 5.32 Å². The second-order valence-electron chi connectivity index (χ2n) is 4.60. The van der Waals surface area contributed by atoms with Gasteiger partial charge in [0, 0.05) is 23.8 Å². The van der Waals surface area contributed by atoms with Gasteiger partial charge in [0.15, 0.2) is 0 Å². The molecule has 3 aromatic rings. The Morgan fingerprint density at radius 2 is 1.90 bits per heavy atom. The molecule has 0 atom stereocenters. The lowest BCUT2D eigenvalue weighted by Gasteiger charge is -2.10. The first-order valence-electron chi connectivity index (χ1n) is 6.35. The zero-order valence-corrected chi connectivity index (χ0v) is 11.0. The molecule has 3 nitrogen and oxygen atoms in total. The molecule has 20 heavy (non-hydrogen) atoms. The van der Waals surface area contributed by atoms with Crippen LogP contribution in [0.3, 0.4) is 0 Å². The molecular weight excluding hydrogens is 253 g/mol. The molecule has 0 radical (unpaired) electrons. The first kappa shape index (κ1) is 12.4. The number of nitrogens with one attached hydrogen (secondary N) is 1. The molecule has 0 amide bonds. The fourth-order valence-electron chi connectivity index (χ4n) is 2.13. The van der Waals surface area contributed by atoms with Crippen molar-refractivity contribution in [3.63, 3.8) is 0 Å². The van der Waals surface area contributed by atoms with E-state index in [9.17, 15) is 4.39 Å². The van der Waals surface area contributed by atoms with Gasteiger partial charge in [-0.2, -0.15) is 0 Å². The fraction of sp³-hybridized carbons (Fsp3) is 0.0625. The molecule has 0 spiro atoms. The summed E-state index contributed by atoms with van der Waals surface area (Å²) in [6.07, 6.45) is 3.57. The molecule has 0 aliphatic heterocycles. The Labute approximate surface area is 116 Å². The average molecular weight is 267 g/mol. The van der Waals surface area contributed by atoms with Crippen molar-refractivity contribution in [2.45, 2.75) is 6.92 Å². The van der Waals surface area contributed by atoms with Gasteiger partial charge in [0.2, 0.25) is 5.95 Å². The van der Waals surface area contributed by atoms with Gasteiger partial charge >= 0.3 is 0 Å². The molecule has 1 N–H and O–H groups in total. The SMILES string of the molecule is Cc1cc(F)cc(Nc2nccn2-c2ccccc2)c1. The lowest BCUT2D eigenvalue weighted by molar-refractivity contribution is 0.627. The monoisotopic (exact) mass is 267 g/mol. The molecule has 100 valence electrons. The second kappa shape index (κ2) is 5.17. The van der Waals surface area contributed by atoms with Crippen LogP contribution in [0.1, 0.15) is 5.56 Å². The number of benzene rings is 2. The van der Waals surface area contributed by atoms with Crippen LogP contribution in [-0.4, -0.2) is 9.55 Å². The van der Waals surface area contributed by atoms with Crippen LogP contribution in [0, 0.1) is 12.7 Å². The standard InChI is InChI=1S/C16H14FN3/c1-12-9-13(17)11-14(10-12)19-16-18-7-8-20(16)15-5-3-2-4-6-15/h2-11H,1H3,(H,18,19). The van der Waals surface area contributed by atoms with Crippen molar-refractivity contribution >= 4 is 11.6 Å². The maximum absolute atomic E-state index is 13.4. The average Bonchev–Trinajstić information content (AvgIpc) is 2.86. The van der Waals surface area contributed by atoms with E-state index in [1.54, 1.807) is 6.20 Å². The second-order valence-corrected chi connectivity index (χ2v) is 4.60. The molecule has 4 heteroatoms. The molecule has 0 fully saturated rings. The molecule has 0 saturated heterocycles. The van der Waals surface area contributed by atoms with Crippen LogP contribution < -0.4 is 5.32 Å². The number of hydrogen-bond donors (Lipinski definition) is 1. The minimum atomic E-state index is -0.259. The van der Waals surface area contributed by atoms with Crippen molar-refractivity contribution in [1.82, 2.24) is 9.55 Å². The van der Waals surface area contributed by atoms with Gasteiger partial charge in [0.25, 0.3) is 0 Å². The summed E-state index contributed by atoms with van der Waals surface area (Å²) >= 11 is 0. The Morgan fingerprint density at radius 3 is 2.65 bits per heavy atom. The number of aryl methyl sites for hydroxylation is 1. The third kappa shape index (κ3) is 2.54. The summed E-state index contributed by atoms with van der Waals surface area (Å²) < 4.78 is 15.3. The molecule has 0 bridgehead atoms. The number of imidazole rings is 1. The third-order valence-corrected chi connectivity index (χ3v) is 2.97. The maximum Gasteiger partial charge on any atom is 0.212 e. The van der Waals surface area contributed by atoms with Crippen molar-refractivity contribution in [2.24, 2.45) is 0 Å². The molecule has 0 saturated carbocycles. The van der Waals surface area contributed by atoms with Crippen LogP contribution in [0.25, 0.3) is 5.69 Å². The van der Waals surface area contributed by atoms with Crippen molar-refractivity contribution in [3.05, 3.63) is 72.3 Å². The van der Waals surface area contributed by atoms with Gasteiger partial charge in [0.05, 0.1) is 0 Å². The Morgan fingerprint density at radius 1 is 1.10 bits per heavy atom. The normalized spacial score (nSPS) is 10.5. The van der Waals surface area contributed by atoms with E-state index in [2.05, 4.69) is 10.3 Å². The lowest BCUT2D eigenvalue weighted by Crippen LogP contribution is -2.01. The summed E-state index contributed by atoms with van der Waals surface area (Å²) in [6.45, 7) is 1.86. The Hall–Kier alpha value is -2.62. The topological polar surface area (TPSA) is 29.9 Å². The molecule has 1 aromatic heterocycles. The highest BCUT2D eigenvalue weighted by Gasteiger charge is 2.06. The van der Waals surface area contributed by atoms with Gasteiger partial charge in [0.1, 0.15) is 5.82 Å². The van der Waals surface area contributed by atoms with Gasteiger partial charge in [-0.05, 0) is 42.8 Å². The number of hydrogen-bond acceptors (Lipinski definition) is 2. The first-order chi connectivity index (χ1) is 9.72. The van der Waals surface area contributed by atoms with Gasteiger partial charge in [-0.1, -0.05) is 18.2 Å². The molecule has 1 heterocycles. The summed E-state index contributed by atoms with van der Waals surface area (Å²) in [6, 6.07) is 14.7. The van der Waals surface area contributed by atoms with Crippen LogP contribution in [0.5, 0.6) is 0 Å². The van der Waals surface area contributed by atoms with E-state index in [1.807, 2.05) is 54.1 Å². The highest BCUT2D eigenvalue weighted by molar-refractivity contribution is 5.57. The van der Waals surface area contributed by atoms with E-state index < -0.39 is 0 Å². The molecule has 0 aliphatic carbocycles. The number of anilines is 2. The van der Waals surface area contributed by atoms with E-state index >= 15 is 0 Å². The first-order valence-corrected chi connectivity index (χ1v) is 6.35. The van der Waals surface area contributed by atoms with E-state index in [4.69, 9.17) is 0 Å². The number of halogens is 1. The van der Waals surface area contributed by atoms with Crippen LogP contribution in [0.15, 0.2) is 60.9 Å². The van der Waals surface area contributed by atoms with Gasteiger partial charge in [-0.3, -0.25) is 4.57 Å². The van der Waals surface area contributed by atoms with Crippen molar-refractivity contribution in [3.8, 4) is 5.69 Å². The van der Waals surface area contributed by atoms with Crippen LogP contribution in [0.2, 0.25) is 0 Å². The Balaban J connectivity index is 1.94. The summed E-state index contributed by atoms with van der Waals surface area (Å²) in [4.78, 5) is 4.28. The largest absolute Gasteiger partial charge is 0.325 e. The van der Waals surface area contributed by atoms with Gasteiger partial charge in [-0.15, -0.1) is 0 Å². The van der Waals surface area contributed by atoms with E-state index in [1.165, 1.54) is 12.1 Å². The number of aromatic nitrogens is 2. The molecule has 3 rings (SSSR count). The lowest BCUT2D eigenvalue weighted by atomic mass is 10.2. The number of nitrogens with zero attached hydrogens (tertiary/aromatic N) is 2. The quantitative estimate of drug-likeness (QED) is 0.775. The summed E-state index contributed by atoms with van der Waals surface area (Å²) in [5, 5.41) is 3.14. The minimum Gasteiger partial charge on any atom is -0.325 e. The van der Waals surface area contributed by atoms with Crippen molar-refractivity contribution in [2.75, 3.05) is 5.32 Å². The predicted molar refractivity (Wildman–Crippen MR) is 78.0 cm³/mol. The zero-order valence-electron chi connectivity index (χ0n) is 11.0. The highest BCUT2D eigenvalue weighted by Crippen LogP contribution is 2.20. The van der Waals surface area contributed by atoms with Crippen LogP contribution >= 0.6 is 0 Å². The third-order valence-electron chi connectivity index (χ3n) is 2.97. The Kier molecular flexibility index (Phi) is 3.21. The summed E-state index contributed by atoms with van der Waals surface area (Å²) in [5.74, 6) is 0.395. The summed E-state index contributed by atoms with van der Waals surface area (Å²) in [5.41, 5.74) is 2.55. The van der Waals surface area contributed by atoms with E-state index in [0.717, 1.165) is 11.3 Å². The number of rotatable bonds is 3. The van der Waals surface area contributed by atoms with Crippen LogP contribution in [0.4, 0.5) is 16.0 Å². The number of para-hydroxylation sites is 1. The van der Waals surface area contributed by atoms with Gasteiger partial charge in [-0.25, -0.2) is 9.37 Å². The molecular formula is C16H14FN3. The molecule has 2 aromatic carbocycles. The molecule has 0 aliphatic rings. The smallest absolute Gasteiger partial charge is 0.212 e. The van der Waals surface area contributed by atoms with E-state index in [0.29, 0.717) is 11.6 Å². The van der Waals surface area contributed by atoms with Crippen molar-refractivity contribution in [1.29, 1.82) is 0 Å². The highest BCUT2D eigenvalue weighted by atomic mass is 19.1. The summed E-state index contributed by atoms with van der Waals surface area (Å²) in [7, 11) is 0. The molecule has 0 unspecified atom stereocenters. The Bertz CT molecular complexity index is 699. The predicted octanol–water partition coefficient (Wildman–Crippen LogP) is 4.06.